The second kappa shape index (κ2) is 11.6. The number of aryl methyl sites for hydroxylation is 1. The third-order valence-electron chi connectivity index (χ3n) is 5.47. The number of halogens is 1. The third-order valence-corrected chi connectivity index (χ3v) is 5.47. The van der Waals surface area contributed by atoms with Crippen LogP contribution in [0.3, 0.4) is 0 Å². The minimum atomic E-state index is 0. The number of aromatic nitrogens is 1. The number of aromatic amines is 1. The van der Waals surface area contributed by atoms with Crippen LogP contribution < -0.4 is 10.6 Å². The number of hydrogen-bond donors (Lipinski definition) is 3. The largest absolute Gasteiger partial charge is 0.361 e. The molecule has 0 saturated carbocycles. The van der Waals surface area contributed by atoms with Gasteiger partial charge in [0.1, 0.15) is 0 Å². The Balaban J connectivity index is 0.00000280. The molecule has 0 amide bonds. The Bertz CT molecular complexity index is 748. The molecule has 28 heavy (non-hydrogen) atoms. The Morgan fingerprint density at radius 3 is 2.54 bits per heavy atom. The smallest absolute Gasteiger partial charge is 0.191 e. The lowest BCUT2D eigenvalue weighted by atomic mass is 10.1. The van der Waals surface area contributed by atoms with Crippen molar-refractivity contribution in [3.8, 4) is 0 Å². The van der Waals surface area contributed by atoms with Gasteiger partial charge in [-0.1, -0.05) is 19.1 Å². The van der Waals surface area contributed by atoms with Gasteiger partial charge in [-0.3, -0.25) is 9.89 Å². The fourth-order valence-electron chi connectivity index (χ4n) is 3.70. The zero-order valence-electron chi connectivity index (χ0n) is 17.4. The first kappa shape index (κ1) is 23.0. The maximum atomic E-state index is 4.35. The number of fused-ring (bicyclic) bond motifs is 1. The fourth-order valence-corrected chi connectivity index (χ4v) is 3.70. The summed E-state index contributed by atoms with van der Waals surface area (Å²) in [6, 6.07) is 6.59. The van der Waals surface area contributed by atoms with Crippen molar-refractivity contribution in [2.45, 2.75) is 20.3 Å². The molecule has 1 aromatic carbocycles. The number of hydrogen-bond acceptors (Lipinski definition) is 3. The van der Waals surface area contributed by atoms with Crippen LogP contribution in [0.2, 0.25) is 0 Å². The lowest BCUT2D eigenvalue weighted by Crippen LogP contribution is -2.49. The molecule has 0 atom stereocenters. The van der Waals surface area contributed by atoms with Gasteiger partial charge in [-0.15, -0.1) is 24.0 Å². The Hall–Kier alpha value is -1.32. The SMILES string of the molecule is CCN1CCN(CCNC(=NC)NCCc2c[nH]c3cc(C)ccc23)CC1.I. The van der Waals surface area contributed by atoms with Crippen LogP contribution in [0.5, 0.6) is 0 Å². The fraction of sp³-hybridized carbons (Fsp3) is 0.571. The average molecular weight is 498 g/mol. The molecule has 6 nitrogen and oxygen atoms in total. The van der Waals surface area contributed by atoms with Gasteiger partial charge in [0, 0.05) is 70.0 Å². The molecule has 1 aliphatic heterocycles. The molecule has 0 aliphatic carbocycles. The maximum absolute atomic E-state index is 4.35. The number of guanidine groups is 1. The lowest BCUT2D eigenvalue weighted by molar-refractivity contribution is 0.139. The first-order chi connectivity index (χ1) is 13.2. The molecule has 1 aliphatic rings. The zero-order chi connectivity index (χ0) is 19.1. The number of H-pyrrole nitrogens is 1. The third kappa shape index (κ3) is 6.35. The Morgan fingerprint density at radius 1 is 1.11 bits per heavy atom. The number of benzene rings is 1. The predicted molar refractivity (Wildman–Crippen MR) is 130 cm³/mol. The van der Waals surface area contributed by atoms with E-state index in [0.29, 0.717) is 0 Å². The van der Waals surface area contributed by atoms with Gasteiger partial charge in [-0.2, -0.15) is 0 Å². The van der Waals surface area contributed by atoms with Crippen molar-refractivity contribution >= 4 is 40.8 Å². The van der Waals surface area contributed by atoms with Crippen molar-refractivity contribution in [1.82, 2.24) is 25.4 Å². The van der Waals surface area contributed by atoms with Crippen molar-refractivity contribution in [2.75, 3.05) is 59.4 Å². The standard InChI is InChI=1S/C21H34N6.HI/c1-4-26-11-13-27(14-12-26)10-9-24-21(22-3)23-8-7-18-16-25-20-15-17(2)5-6-19(18)20;/h5-6,15-16,25H,4,7-14H2,1-3H3,(H2,22,23,24);1H. The highest BCUT2D eigenvalue weighted by atomic mass is 127. The first-order valence-electron chi connectivity index (χ1n) is 10.2. The van der Waals surface area contributed by atoms with Crippen LogP contribution in [-0.4, -0.2) is 80.1 Å². The van der Waals surface area contributed by atoms with Crippen LogP contribution in [0.25, 0.3) is 10.9 Å². The van der Waals surface area contributed by atoms with Gasteiger partial charge in [0.25, 0.3) is 0 Å². The van der Waals surface area contributed by atoms with Crippen LogP contribution in [0.4, 0.5) is 0 Å². The van der Waals surface area contributed by atoms with Crippen molar-refractivity contribution in [1.29, 1.82) is 0 Å². The number of aliphatic imine (C=N–C) groups is 1. The van der Waals surface area contributed by atoms with Gasteiger partial charge in [-0.05, 0) is 37.1 Å². The van der Waals surface area contributed by atoms with Crippen LogP contribution in [0, 0.1) is 6.92 Å². The van der Waals surface area contributed by atoms with Gasteiger partial charge in [0.05, 0.1) is 0 Å². The van der Waals surface area contributed by atoms with Gasteiger partial charge in [0.2, 0.25) is 0 Å². The molecular formula is C21H35IN6. The van der Waals surface area contributed by atoms with E-state index in [1.54, 1.807) is 0 Å². The van der Waals surface area contributed by atoms with Crippen LogP contribution in [-0.2, 0) is 6.42 Å². The molecule has 0 bridgehead atoms. The average Bonchev–Trinajstić information content (AvgIpc) is 3.09. The summed E-state index contributed by atoms with van der Waals surface area (Å²) in [7, 11) is 1.84. The minimum absolute atomic E-state index is 0. The monoisotopic (exact) mass is 498 g/mol. The molecule has 2 heterocycles. The first-order valence-corrected chi connectivity index (χ1v) is 10.2. The van der Waals surface area contributed by atoms with E-state index in [1.165, 1.54) is 54.8 Å². The summed E-state index contributed by atoms with van der Waals surface area (Å²) in [4.78, 5) is 12.8. The van der Waals surface area contributed by atoms with E-state index in [2.05, 4.69) is 68.7 Å². The summed E-state index contributed by atoms with van der Waals surface area (Å²) in [5.41, 5.74) is 3.85. The normalized spacial score (nSPS) is 16.2. The molecule has 0 unspecified atom stereocenters. The molecule has 3 N–H and O–H groups in total. The Kier molecular flexibility index (Phi) is 9.53. The van der Waals surface area contributed by atoms with Gasteiger partial charge >= 0.3 is 0 Å². The highest BCUT2D eigenvalue weighted by Gasteiger charge is 2.14. The number of rotatable bonds is 7. The Morgan fingerprint density at radius 2 is 1.82 bits per heavy atom. The van der Waals surface area contributed by atoms with E-state index in [9.17, 15) is 0 Å². The van der Waals surface area contributed by atoms with Crippen molar-refractivity contribution < 1.29 is 0 Å². The zero-order valence-corrected chi connectivity index (χ0v) is 19.8. The van der Waals surface area contributed by atoms with Crippen molar-refractivity contribution in [3.05, 3.63) is 35.5 Å². The van der Waals surface area contributed by atoms with Crippen LogP contribution in [0.15, 0.2) is 29.4 Å². The highest BCUT2D eigenvalue weighted by Crippen LogP contribution is 2.19. The van der Waals surface area contributed by atoms with E-state index in [4.69, 9.17) is 0 Å². The highest BCUT2D eigenvalue weighted by molar-refractivity contribution is 14.0. The second-order valence-electron chi connectivity index (χ2n) is 7.31. The van der Waals surface area contributed by atoms with E-state index >= 15 is 0 Å². The maximum Gasteiger partial charge on any atom is 0.191 e. The quantitative estimate of drug-likeness (QED) is 0.312. The van der Waals surface area contributed by atoms with Crippen molar-refractivity contribution in [3.63, 3.8) is 0 Å². The summed E-state index contributed by atoms with van der Waals surface area (Å²) in [6.45, 7) is 13.1. The summed E-state index contributed by atoms with van der Waals surface area (Å²) in [5.74, 6) is 0.887. The summed E-state index contributed by atoms with van der Waals surface area (Å²) in [5, 5.41) is 8.19. The second-order valence-corrected chi connectivity index (χ2v) is 7.31. The summed E-state index contributed by atoms with van der Waals surface area (Å²) >= 11 is 0. The van der Waals surface area contributed by atoms with E-state index < -0.39 is 0 Å². The predicted octanol–water partition coefficient (Wildman–Crippen LogP) is 2.44. The minimum Gasteiger partial charge on any atom is -0.361 e. The molecule has 7 heteroatoms. The molecule has 0 spiro atoms. The molecule has 156 valence electrons. The molecule has 2 aromatic rings. The number of likely N-dealkylation sites (N-methyl/N-ethyl adjacent to an activating group) is 1. The van der Waals surface area contributed by atoms with Crippen LogP contribution >= 0.6 is 24.0 Å². The lowest BCUT2D eigenvalue weighted by Gasteiger charge is -2.34. The van der Waals surface area contributed by atoms with E-state index in [-0.39, 0.29) is 24.0 Å². The topological polar surface area (TPSA) is 58.7 Å². The van der Waals surface area contributed by atoms with Gasteiger partial charge < -0.3 is 20.5 Å². The number of nitrogens with zero attached hydrogens (tertiary/aromatic N) is 3. The Labute approximate surface area is 186 Å². The molecule has 1 fully saturated rings. The summed E-state index contributed by atoms with van der Waals surface area (Å²) < 4.78 is 0. The van der Waals surface area contributed by atoms with Gasteiger partial charge in [0.15, 0.2) is 5.96 Å². The van der Waals surface area contributed by atoms with E-state index in [1.807, 2.05) is 7.05 Å². The molecule has 1 saturated heterocycles. The number of piperazine rings is 1. The summed E-state index contributed by atoms with van der Waals surface area (Å²) in [6.07, 6.45) is 3.10. The van der Waals surface area contributed by atoms with Crippen LogP contribution in [0.1, 0.15) is 18.1 Å². The molecule has 0 radical (unpaired) electrons. The van der Waals surface area contributed by atoms with Gasteiger partial charge in [-0.25, -0.2) is 0 Å². The van der Waals surface area contributed by atoms with E-state index in [0.717, 1.165) is 32.0 Å². The molecular weight excluding hydrogens is 463 g/mol. The van der Waals surface area contributed by atoms with Crippen molar-refractivity contribution in [2.24, 2.45) is 4.99 Å². The molecule has 1 aromatic heterocycles. The molecule has 3 rings (SSSR count). The number of nitrogens with one attached hydrogen (secondary N) is 3.